The monoisotopic (exact) mass is 303 g/mol. The van der Waals surface area contributed by atoms with Crippen LogP contribution in [0.2, 0.25) is 0 Å². The number of hydrogen-bond acceptors (Lipinski definition) is 2. The highest BCUT2D eigenvalue weighted by Crippen LogP contribution is 2.25. The number of benzene rings is 2. The minimum atomic E-state index is -0.500. The summed E-state index contributed by atoms with van der Waals surface area (Å²) >= 11 is 0. The molecule has 1 heterocycles. The average molecular weight is 303 g/mol. The van der Waals surface area contributed by atoms with E-state index in [1.54, 1.807) is 30.5 Å². The molecule has 0 spiro atoms. The third-order valence-electron chi connectivity index (χ3n) is 3.86. The van der Waals surface area contributed by atoms with E-state index in [0.717, 1.165) is 5.69 Å². The molecule has 0 saturated heterocycles. The first-order valence-corrected chi connectivity index (χ1v) is 7.56. The topological polar surface area (TPSA) is 49.9 Å². The number of carbonyl (C=O) groups excluding carboxylic acids is 2. The predicted molar refractivity (Wildman–Crippen MR) is 89.7 cm³/mol. The van der Waals surface area contributed by atoms with Gasteiger partial charge in [0.25, 0.3) is 0 Å². The van der Waals surface area contributed by atoms with Gasteiger partial charge in [0.15, 0.2) is 11.6 Å². The average Bonchev–Trinajstić information content (AvgIpc) is 3.15. The van der Waals surface area contributed by atoms with Crippen LogP contribution in [-0.2, 0) is 0 Å². The standard InChI is InChI=1S/C20H17NO2/c22-19(15-8-3-1-4-9-15)14-17(18-12-7-13-21-18)20(23)16-10-5-2-6-11-16/h1-13,17,21H,14H2. The Balaban J connectivity index is 1.88. The molecule has 3 aromatic rings. The molecule has 3 nitrogen and oxygen atoms in total. The minimum absolute atomic E-state index is 0.0329. The molecule has 3 rings (SSSR count). The molecule has 23 heavy (non-hydrogen) atoms. The number of H-pyrrole nitrogens is 1. The third kappa shape index (κ3) is 3.46. The van der Waals surface area contributed by atoms with Crippen LogP contribution in [0.5, 0.6) is 0 Å². The van der Waals surface area contributed by atoms with E-state index < -0.39 is 5.92 Å². The van der Waals surface area contributed by atoms with Crippen molar-refractivity contribution >= 4 is 11.6 Å². The second kappa shape index (κ2) is 6.88. The van der Waals surface area contributed by atoms with Gasteiger partial charge in [-0.3, -0.25) is 9.59 Å². The first-order chi connectivity index (χ1) is 11.3. The zero-order valence-corrected chi connectivity index (χ0v) is 12.6. The summed E-state index contributed by atoms with van der Waals surface area (Å²) in [6.45, 7) is 0. The summed E-state index contributed by atoms with van der Waals surface area (Å²) in [4.78, 5) is 28.4. The fraction of sp³-hybridized carbons (Fsp3) is 0.100. The molecule has 114 valence electrons. The van der Waals surface area contributed by atoms with E-state index in [4.69, 9.17) is 0 Å². The van der Waals surface area contributed by atoms with Crippen LogP contribution in [0.25, 0.3) is 0 Å². The van der Waals surface area contributed by atoms with Gasteiger partial charge in [-0.05, 0) is 12.1 Å². The van der Waals surface area contributed by atoms with Gasteiger partial charge < -0.3 is 4.98 Å². The Morgan fingerprint density at radius 3 is 1.96 bits per heavy atom. The van der Waals surface area contributed by atoms with Gasteiger partial charge >= 0.3 is 0 Å². The Kier molecular flexibility index (Phi) is 4.48. The van der Waals surface area contributed by atoms with Crippen molar-refractivity contribution in [1.29, 1.82) is 0 Å². The summed E-state index contributed by atoms with van der Waals surface area (Å²) in [6, 6.07) is 21.9. The van der Waals surface area contributed by atoms with Crippen molar-refractivity contribution in [3.63, 3.8) is 0 Å². The van der Waals surface area contributed by atoms with E-state index in [1.807, 2.05) is 48.5 Å². The van der Waals surface area contributed by atoms with Crippen molar-refractivity contribution in [3.05, 3.63) is 95.8 Å². The van der Waals surface area contributed by atoms with Crippen LogP contribution in [0.15, 0.2) is 79.0 Å². The van der Waals surface area contributed by atoms with Gasteiger partial charge in [0.2, 0.25) is 0 Å². The fourth-order valence-corrected chi connectivity index (χ4v) is 2.64. The van der Waals surface area contributed by atoms with E-state index in [0.29, 0.717) is 11.1 Å². The van der Waals surface area contributed by atoms with Crippen LogP contribution in [0.1, 0.15) is 38.7 Å². The van der Waals surface area contributed by atoms with E-state index in [-0.39, 0.29) is 18.0 Å². The van der Waals surface area contributed by atoms with Gasteiger partial charge in [-0.25, -0.2) is 0 Å². The van der Waals surface area contributed by atoms with Gasteiger partial charge in [-0.1, -0.05) is 60.7 Å². The molecule has 0 radical (unpaired) electrons. The maximum Gasteiger partial charge on any atom is 0.172 e. The number of aromatic amines is 1. The van der Waals surface area contributed by atoms with E-state index in [9.17, 15) is 9.59 Å². The zero-order chi connectivity index (χ0) is 16.1. The van der Waals surface area contributed by atoms with E-state index in [2.05, 4.69) is 4.98 Å². The van der Waals surface area contributed by atoms with Gasteiger partial charge in [0.1, 0.15) is 0 Å². The van der Waals surface area contributed by atoms with Crippen LogP contribution in [-0.4, -0.2) is 16.6 Å². The number of carbonyl (C=O) groups is 2. The molecule has 0 aliphatic heterocycles. The largest absolute Gasteiger partial charge is 0.364 e. The van der Waals surface area contributed by atoms with Crippen molar-refractivity contribution in [2.75, 3.05) is 0 Å². The fourth-order valence-electron chi connectivity index (χ4n) is 2.64. The number of Topliss-reactive ketones (excluding diaryl/α,β-unsaturated/α-hetero) is 2. The van der Waals surface area contributed by atoms with E-state index >= 15 is 0 Å². The Labute approximate surface area is 135 Å². The van der Waals surface area contributed by atoms with Crippen molar-refractivity contribution in [3.8, 4) is 0 Å². The smallest absolute Gasteiger partial charge is 0.172 e. The quantitative estimate of drug-likeness (QED) is 0.692. The summed E-state index contributed by atoms with van der Waals surface area (Å²) in [5.41, 5.74) is 2.01. The first-order valence-electron chi connectivity index (χ1n) is 7.56. The predicted octanol–water partition coefficient (Wildman–Crippen LogP) is 4.25. The second-order valence-electron chi connectivity index (χ2n) is 5.40. The van der Waals surface area contributed by atoms with Crippen LogP contribution in [0.4, 0.5) is 0 Å². The molecular weight excluding hydrogens is 286 g/mol. The molecule has 0 aliphatic carbocycles. The molecule has 0 bridgehead atoms. The van der Waals surface area contributed by atoms with Crippen molar-refractivity contribution < 1.29 is 9.59 Å². The van der Waals surface area contributed by atoms with Crippen molar-refractivity contribution in [2.45, 2.75) is 12.3 Å². The number of ketones is 2. The Morgan fingerprint density at radius 2 is 1.39 bits per heavy atom. The highest BCUT2D eigenvalue weighted by Gasteiger charge is 2.26. The number of aromatic nitrogens is 1. The molecule has 2 aromatic carbocycles. The Bertz CT molecular complexity index is 777. The Hall–Kier alpha value is -2.94. The summed E-state index contributed by atoms with van der Waals surface area (Å²) in [7, 11) is 0. The lowest BCUT2D eigenvalue weighted by Gasteiger charge is -2.14. The lowest BCUT2D eigenvalue weighted by atomic mass is 9.88. The van der Waals surface area contributed by atoms with Gasteiger partial charge in [-0.2, -0.15) is 0 Å². The number of nitrogens with one attached hydrogen (secondary N) is 1. The maximum atomic E-state index is 12.8. The summed E-state index contributed by atoms with van der Waals surface area (Å²) < 4.78 is 0. The Morgan fingerprint density at radius 1 is 0.783 bits per heavy atom. The van der Waals surface area contributed by atoms with Crippen molar-refractivity contribution in [1.82, 2.24) is 4.98 Å². The van der Waals surface area contributed by atoms with Crippen LogP contribution >= 0.6 is 0 Å². The van der Waals surface area contributed by atoms with Crippen LogP contribution in [0.3, 0.4) is 0 Å². The summed E-state index contributed by atoms with van der Waals surface area (Å²) in [6.07, 6.45) is 1.92. The summed E-state index contributed by atoms with van der Waals surface area (Å²) in [5, 5.41) is 0. The lowest BCUT2D eigenvalue weighted by Crippen LogP contribution is -2.17. The molecule has 1 N–H and O–H groups in total. The van der Waals surface area contributed by atoms with Gasteiger partial charge in [0, 0.05) is 29.4 Å². The van der Waals surface area contributed by atoms with Gasteiger partial charge in [0.05, 0.1) is 5.92 Å². The van der Waals surface area contributed by atoms with Crippen molar-refractivity contribution in [2.24, 2.45) is 0 Å². The molecule has 0 saturated carbocycles. The number of rotatable bonds is 6. The molecule has 3 heteroatoms. The highest BCUT2D eigenvalue weighted by molar-refractivity contribution is 6.05. The normalized spacial score (nSPS) is 11.8. The van der Waals surface area contributed by atoms with Crippen LogP contribution in [0, 0.1) is 0 Å². The highest BCUT2D eigenvalue weighted by atomic mass is 16.1. The van der Waals surface area contributed by atoms with E-state index in [1.165, 1.54) is 0 Å². The van der Waals surface area contributed by atoms with Crippen LogP contribution < -0.4 is 0 Å². The summed E-state index contributed by atoms with van der Waals surface area (Å²) in [5.74, 6) is -0.577. The SMILES string of the molecule is O=C(CC(C(=O)c1ccccc1)c1ccc[nH]1)c1ccccc1. The molecule has 1 unspecified atom stereocenters. The maximum absolute atomic E-state index is 12.8. The van der Waals surface area contributed by atoms with Gasteiger partial charge in [-0.15, -0.1) is 0 Å². The minimum Gasteiger partial charge on any atom is -0.364 e. The zero-order valence-electron chi connectivity index (χ0n) is 12.6. The number of hydrogen-bond donors (Lipinski definition) is 1. The molecular formula is C20H17NO2. The third-order valence-corrected chi connectivity index (χ3v) is 3.86. The molecule has 0 aliphatic rings. The second-order valence-corrected chi connectivity index (χ2v) is 5.40. The molecule has 1 aromatic heterocycles. The molecule has 1 atom stereocenters. The molecule has 0 fully saturated rings. The first kappa shape index (κ1) is 15.0. The lowest BCUT2D eigenvalue weighted by molar-refractivity contribution is 0.0892. The molecule has 0 amide bonds.